The summed E-state index contributed by atoms with van der Waals surface area (Å²) in [4.78, 5) is 14.6. The summed E-state index contributed by atoms with van der Waals surface area (Å²) in [6.45, 7) is 8.19. The Morgan fingerprint density at radius 2 is 1.78 bits per heavy atom. The second-order valence-corrected chi connectivity index (χ2v) is 8.59. The fourth-order valence-electron chi connectivity index (χ4n) is 3.97. The fourth-order valence-corrected chi connectivity index (χ4v) is 3.97. The molecule has 1 amide bonds. The smallest absolute Gasteiger partial charge is 0.407 e. The molecule has 0 radical (unpaired) electrons. The first-order valence-corrected chi connectivity index (χ1v) is 9.39. The maximum atomic E-state index is 11.9. The third kappa shape index (κ3) is 5.35. The number of hydrogen-bond donors (Lipinski definition) is 2. The van der Waals surface area contributed by atoms with Gasteiger partial charge in [-0.25, -0.2) is 4.79 Å². The number of nitrogens with one attached hydrogen (secondary N) is 2. The van der Waals surface area contributed by atoms with Gasteiger partial charge < -0.3 is 15.4 Å². The van der Waals surface area contributed by atoms with Crippen LogP contribution in [0.2, 0.25) is 0 Å². The molecular weight excluding hydrogens is 290 g/mol. The molecule has 0 bridgehead atoms. The Balaban J connectivity index is 1.40. The van der Waals surface area contributed by atoms with Crippen molar-refractivity contribution in [2.45, 2.75) is 95.5 Å². The SMILES string of the molecule is CC(C)(C)OC(=O)NC1CCCC(NC2CCN(C3CC3)C2)C1. The molecule has 5 nitrogen and oxygen atoms in total. The summed E-state index contributed by atoms with van der Waals surface area (Å²) in [6.07, 6.45) is 8.30. The van der Waals surface area contributed by atoms with Crippen LogP contribution < -0.4 is 10.6 Å². The molecule has 132 valence electrons. The highest BCUT2D eigenvalue weighted by atomic mass is 16.6. The van der Waals surface area contributed by atoms with Gasteiger partial charge in [-0.2, -0.15) is 0 Å². The molecule has 1 aliphatic heterocycles. The van der Waals surface area contributed by atoms with Crippen LogP contribution in [0.3, 0.4) is 0 Å². The average molecular weight is 323 g/mol. The molecule has 2 N–H and O–H groups in total. The number of ether oxygens (including phenoxy) is 1. The number of hydrogen-bond acceptors (Lipinski definition) is 4. The Morgan fingerprint density at radius 1 is 1.04 bits per heavy atom. The molecular formula is C18H33N3O2. The van der Waals surface area contributed by atoms with Crippen molar-refractivity contribution in [1.29, 1.82) is 0 Å². The number of carbonyl (C=O) groups excluding carboxylic acids is 1. The summed E-state index contributed by atoms with van der Waals surface area (Å²) in [7, 11) is 0. The summed E-state index contributed by atoms with van der Waals surface area (Å²) in [5.41, 5.74) is -0.424. The normalized spacial score (nSPS) is 32.7. The summed E-state index contributed by atoms with van der Waals surface area (Å²) in [5, 5.41) is 6.90. The first-order valence-electron chi connectivity index (χ1n) is 9.39. The summed E-state index contributed by atoms with van der Waals surface area (Å²) in [5.74, 6) is 0. The fraction of sp³-hybridized carbons (Fsp3) is 0.944. The van der Waals surface area contributed by atoms with Gasteiger partial charge in [0.15, 0.2) is 0 Å². The number of alkyl carbamates (subject to hydrolysis) is 1. The van der Waals surface area contributed by atoms with Gasteiger partial charge in [0.2, 0.25) is 0 Å². The van der Waals surface area contributed by atoms with E-state index in [1.54, 1.807) is 0 Å². The third-order valence-corrected chi connectivity index (χ3v) is 5.15. The van der Waals surface area contributed by atoms with Gasteiger partial charge in [-0.1, -0.05) is 0 Å². The molecule has 3 rings (SSSR count). The topological polar surface area (TPSA) is 53.6 Å². The minimum Gasteiger partial charge on any atom is -0.444 e. The maximum Gasteiger partial charge on any atom is 0.407 e. The van der Waals surface area contributed by atoms with Crippen molar-refractivity contribution < 1.29 is 9.53 Å². The molecule has 0 aromatic carbocycles. The Morgan fingerprint density at radius 3 is 2.48 bits per heavy atom. The Kier molecular flexibility index (Phi) is 5.16. The number of likely N-dealkylation sites (tertiary alicyclic amines) is 1. The molecule has 0 spiro atoms. The molecule has 1 heterocycles. The van der Waals surface area contributed by atoms with E-state index in [1.165, 1.54) is 45.2 Å². The van der Waals surface area contributed by atoms with Crippen LogP contribution >= 0.6 is 0 Å². The number of nitrogens with zero attached hydrogens (tertiary/aromatic N) is 1. The highest BCUT2D eigenvalue weighted by molar-refractivity contribution is 5.68. The first-order chi connectivity index (χ1) is 10.9. The van der Waals surface area contributed by atoms with Gasteiger partial charge in [0, 0.05) is 37.3 Å². The van der Waals surface area contributed by atoms with Gasteiger partial charge in [0.1, 0.15) is 5.60 Å². The van der Waals surface area contributed by atoms with Crippen molar-refractivity contribution in [3.63, 3.8) is 0 Å². The van der Waals surface area contributed by atoms with E-state index in [1.807, 2.05) is 20.8 Å². The van der Waals surface area contributed by atoms with E-state index in [4.69, 9.17) is 4.74 Å². The first kappa shape index (κ1) is 17.0. The molecule has 23 heavy (non-hydrogen) atoms. The quantitative estimate of drug-likeness (QED) is 0.835. The molecule has 3 unspecified atom stereocenters. The van der Waals surface area contributed by atoms with Crippen LogP contribution in [0.25, 0.3) is 0 Å². The van der Waals surface area contributed by atoms with Crippen LogP contribution in [-0.4, -0.2) is 53.9 Å². The standard InChI is InChI=1S/C18H33N3O2/c1-18(2,3)23-17(22)20-14-6-4-5-13(11-14)19-15-9-10-21(12-15)16-7-8-16/h13-16,19H,4-12H2,1-3H3,(H,20,22). The number of carbonyl (C=O) groups is 1. The van der Waals surface area contributed by atoms with Gasteiger partial charge in [-0.15, -0.1) is 0 Å². The lowest BCUT2D eigenvalue weighted by Gasteiger charge is -2.33. The second-order valence-electron chi connectivity index (χ2n) is 8.59. The van der Waals surface area contributed by atoms with Crippen LogP contribution in [0.1, 0.15) is 65.7 Å². The molecule has 3 fully saturated rings. The highest BCUT2D eigenvalue weighted by Gasteiger charge is 2.35. The predicted molar refractivity (Wildman–Crippen MR) is 91.5 cm³/mol. The molecule has 3 aliphatic rings. The second kappa shape index (κ2) is 6.98. The lowest BCUT2D eigenvalue weighted by molar-refractivity contribution is 0.0488. The van der Waals surface area contributed by atoms with Crippen LogP contribution in [0.15, 0.2) is 0 Å². The van der Waals surface area contributed by atoms with Crippen LogP contribution in [-0.2, 0) is 4.74 Å². The van der Waals surface area contributed by atoms with Crippen molar-refractivity contribution in [2.75, 3.05) is 13.1 Å². The van der Waals surface area contributed by atoms with E-state index < -0.39 is 5.60 Å². The van der Waals surface area contributed by atoms with Crippen molar-refractivity contribution in [3.8, 4) is 0 Å². The van der Waals surface area contributed by atoms with Crippen molar-refractivity contribution in [1.82, 2.24) is 15.5 Å². The van der Waals surface area contributed by atoms with Crippen molar-refractivity contribution in [3.05, 3.63) is 0 Å². The van der Waals surface area contributed by atoms with Crippen molar-refractivity contribution >= 4 is 6.09 Å². The molecule has 1 saturated heterocycles. The maximum absolute atomic E-state index is 11.9. The van der Waals surface area contributed by atoms with Crippen LogP contribution in [0, 0.1) is 0 Å². The average Bonchev–Trinajstić information content (AvgIpc) is 3.18. The minimum absolute atomic E-state index is 0.247. The predicted octanol–water partition coefficient (Wildman–Crippen LogP) is 2.65. The van der Waals surface area contributed by atoms with E-state index in [0.29, 0.717) is 12.1 Å². The van der Waals surface area contributed by atoms with Crippen LogP contribution in [0.4, 0.5) is 4.79 Å². The van der Waals surface area contributed by atoms with E-state index in [0.717, 1.165) is 18.9 Å². The highest BCUT2D eigenvalue weighted by Crippen LogP contribution is 2.30. The number of amides is 1. The van der Waals surface area contributed by atoms with E-state index >= 15 is 0 Å². The largest absolute Gasteiger partial charge is 0.444 e. The molecule has 2 aliphatic carbocycles. The number of rotatable bonds is 4. The zero-order valence-corrected chi connectivity index (χ0v) is 14.9. The van der Waals surface area contributed by atoms with Crippen LogP contribution in [0.5, 0.6) is 0 Å². The van der Waals surface area contributed by atoms with E-state index in [2.05, 4.69) is 15.5 Å². The summed E-state index contributed by atoms with van der Waals surface area (Å²) in [6, 6.07) is 2.31. The monoisotopic (exact) mass is 323 g/mol. The van der Waals surface area contributed by atoms with Gasteiger partial charge in [-0.05, 0) is 65.7 Å². The Hall–Kier alpha value is -0.810. The van der Waals surface area contributed by atoms with Gasteiger partial charge in [0.05, 0.1) is 0 Å². The molecule has 5 heteroatoms. The summed E-state index contributed by atoms with van der Waals surface area (Å²) < 4.78 is 5.38. The zero-order valence-electron chi connectivity index (χ0n) is 14.9. The van der Waals surface area contributed by atoms with E-state index in [9.17, 15) is 4.79 Å². The molecule has 3 atom stereocenters. The van der Waals surface area contributed by atoms with Gasteiger partial charge >= 0.3 is 6.09 Å². The Labute approximate surface area is 140 Å². The summed E-state index contributed by atoms with van der Waals surface area (Å²) >= 11 is 0. The third-order valence-electron chi connectivity index (χ3n) is 5.15. The van der Waals surface area contributed by atoms with Gasteiger partial charge in [0.25, 0.3) is 0 Å². The molecule has 2 saturated carbocycles. The lowest BCUT2D eigenvalue weighted by atomic mass is 9.90. The molecule has 0 aromatic heterocycles. The van der Waals surface area contributed by atoms with Gasteiger partial charge in [-0.3, -0.25) is 4.90 Å². The Bertz CT molecular complexity index is 417. The zero-order chi connectivity index (χ0) is 16.4. The van der Waals surface area contributed by atoms with Crippen molar-refractivity contribution in [2.24, 2.45) is 0 Å². The lowest BCUT2D eigenvalue weighted by Crippen LogP contribution is -2.48. The minimum atomic E-state index is -0.424. The molecule has 0 aromatic rings. The van der Waals surface area contributed by atoms with E-state index in [-0.39, 0.29) is 12.1 Å².